The van der Waals surface area contributed by atoms with E-state index in [0.717, 1.165) is 13.1 Å². The van der Waals surface area contributed by atoms with Gasteiger partial charge in [-0.05, 0) is 31.2 Å². The molecule has 6 nitrogen and oxygen atoms in total. The first-order valence-corrected chi connectivity index (χ1v) is 6.03. The first kappa shape index (κ1) is 13.5. The molecule has 1 aromatic carbocycles. The minimum atomic E-state index is -0.494. The standard InChI is InChI=1S/C13H17N3O3/c1-13(7-15-8-13)19-6-11(17)16-10-4-2-9(3-5-10)12(14)18/h2-5,15H,6-8H2,1H3,(H2,14,18)(H,16,17). The number of hydrogen-bond donors (Lipinski definition) is 3. The molecular formula is C13H17N3O3. The fourth-order valence-electron chi connectivity index (χ4n) is 1.73. The van der Waals surface area contributed by atoms with E-state index in [1.165, 1.54) is 0 Å². The lowest BCUT2D eigenvalue weighted by molar-refractivity contribution is -0.130. The van der Waals surface area contributed by atoms with Crippen LogP contribution in [0.4, 0.5) is 5.69 Å². The predicted octanol–water partition coefficient (Wildman–Crippen LogP) is 0.103. The Morgan fingerprint density at radius 3 is 2.47 bits per heavy atom. The summed E-state index contributed by atoms with van der Waals surface area (Å²) in [7, 11) is 0. The minimum Gasteiger partial charge on any atom is -0.366 e. The van der Waals surface area contributed by atoms with E-state index in [1.807, 2.05) is 6.92 Å². The Kier molecular flexibility index (Phi) is 3.82. The number of carbonyl (C=O) groups is 2. The highest BCUT2D eigenvalue weighted by Crippen LogP contribution is 2.15. The van der Waals surface area contributed by atoms with Gasteiger partial charge in [-0.15, -0.1) is 0 Å². The van der Waals surface area contributed by atoms with Crippen LogP contribution in [0.15, 0.2) is 24.3 Å². The zero-order chi connectivity index (χ0) is 13.9. The molecule has 0 radical (unpaired) electrons. The topological polar surface area (TPSA) is 93.4 Å². The molecule has 1 fully saturated rings. The maximum absolute atomic E-state index is 11.7. The van der Waals surface area contributed by atoms with Crippen molar-refractivity contribution in [2.75, 3.05) is 25.0 Å². The molecule has 0 aliphatic carbocycles. The monoisotopic (exact) mass is 263 g/mol. The van der Waals surface area contributed by atoms with Crippen LogP contribution in [0.5, 0.6) is 0 Å². The van der Waals surface area contributed by atoms with Gasteiger partial charge in [0.1, 0.15) is 6.61 Å². The summed E-state index contributed by atoms with van der Waals surface area (Å²) in [4.78, 5) is 22.6. The van der Waals surface area contributed by atoms with E-state index in [9.17, 15) is 9.59 Å². The number of nitrogens with one attached hydrogen (secondary N) is 2. The van der Waals surface area contributed by atoms with Crippen LogP contribution >= 0.6 is 0 Å². The number of nitrogens with two attached hydrogens (primary N) is 1. The van der Waals surface area contributed by atoms with Gasteiger partial charge in [-0.1, -0.05) is 0 Å². The van der Waals surface area contributed by atoms with Crippen molar-refractivity contribution in [2.45, 2.75) is 12.5 Å². The maximum atomic E-state index is 11.7. The van der Waals surface area contributed by atoms with Gasteiger partial charge in [0.05, 0.1) is 5.60 Å². The zero-order valence-electron chi connectivity index (χ0n) is 10.7. The predicted molar refractivity (Wildman–Crippen MR) is 70.8 cm³/mol. The van der Waals surface area contributed by atoms with Crippen molar-refractivity contribution >= 4 is 17.5 Å². The van der Waals surface area contributed by atoms with E-state index in [0.29, 0.717) is 11.3 Å². The lowest BCUT2D eigenvalue weighted by atomic mass is 10.0. The maximum Gasteiger partial charge on any atom is 0.250 e. The molecule has 1 aliphatic rings. The molecule has 0 atom stereocenters. The number of primary amides is 1. The van der Waals surface area contributed by atoms with Gasteiger partial charge >= 0.3 is 0 Å². The van der Waals surface area contributed by atoms with Crippen LogP contribution < -0.4 is 16.4 Å². The number of ether oxygens (including phenoxy) is 1. The summed E-state index contributed by atoms with van der Waals surface area (Å²) in [5.41, 5.74) is 5.90. The van der Waals surface area contributed by atoms with Gasteiger partial charge in [0.15, 0.2) is 0 Å². The second kappa shape index (κ2) is 5.38. The van der Waals surface area contributed by atoms with Gasteiger partial charge in [-0.3, -0.25) is 9.59 Å². The number of carbonyl (C=O) groups excluding carboxylic acids is 2. The highest BCUT2D eigenvalue weighted by atomic mass is 16.5. The summed E-state index contributed by atoms with van der Waals surface area (Å²) in [6.45, 7) is 3.48. The van der Waals surface area contributed by atoms with Gasteiger partial charge in [-0.2, -0.15) is 0 Å². The molecule has 2 amide bonds. The summed E-state index contributed by atoms with van der Waals surface area (Å²) in [5.74, 6) is -0.716. The van der Waals surface area contributed by atoms with Crippen LogP contribution in [0, 0.1) is 0 Å². The molecule has 0 aromatic heterocycles. The Morgan fingerprint density at radius 2 is 2.00 bits per heavy atom. The molecule has 1 aliphatic heterocycles. The highest BCUT2D eigenvalue weighted by Gasteiger charge is 2.32. The van der Waals surface area contributed by atoms with Gasteiger partial charge in [0.25, 0.3) is 0 Å². The summed E-state index contributed by atoms with van der Waals surface area (Å²) in [5, 5.41) is 5.78. The molecule has 1 aromatic rings. The Balaban J connectivity index is 1.83. The second-order valence-electron chi connectivity index (χ2n) is 4.83. The van der Waals surface area contributed by atoms with Crippen molar-refractivity contribution in [1.82, 2.24) is 5.32 Å². The zero-order valence-corrected chi connectivity index (χ0v) is 10.7. The highest BCUT2D eigenvalue weighted by molar-refractivity contribution is 5.95. The summed E-state index contributed by atoms with van der Waals surface area (Å²) in [6.07, 6.45) is 0. The van der Waals surface area contributed by atoms with Crippen LogP contribution in [-0.2, 0) is 9.53 Å². The number of anilines is 1. The van der Waals surface area contributed by atoms with Gasteiger partial charge in [0, 0.05) is 24.3 Å². The van der Waals surface area contributed by atoms with Crippen molar-refractivity contribution < 1.29 is 14.3 Å². The summed E-state index contributed by atoms with van der Waals surface area (Å²) < 4.78 is 5.51. The van der Waals surface area contributed by atoms with Crippen molar-refractivity contribution in [3.63, 3.8) is 0 Å². The number of hydrogen-bond acceptors (Lipinski definition) is 4. The third kappa shape index (κ3) is 3.52. The Morgan fingerprint density at radius 1 is 1.37 bits per heavy atom. The molecule has 0 unspecified atom stereocenters. The fraction of sp³-hybridized carbons (Fsp3) is 0.385. The number of amides is 2. The van der Waals surface area contributed by atoms with Crippen molar-refractivity contribution in [2.24, 2.45) is 5.73 Å². The molecule has 4 N–H and O–H groups in total. The van der Waals surface area contributed by atoms with E-state index < -0.39 is 5.91 Å². The summed E-state index contributed by atoms with van der Waals surface area (Å²) >= 11 is 0. The largest absolute Gasteiger partial charge is 0.366 e. The van der Waals surface area contributed by atoms with E-state index in [2.05, 4.69) is 10.6 Å². The molecule has 6 heteroatoms. The Hall–Kier alpha value is -1.92. The molecule has 1 heterocycles. The normalized spacial score (nSPS) is 16.5. The molecule has 102 valence electrons. The average molecular weight is 263 g/mol. The molecular weight excluding hydrogens is 246 g/mol. The molecule has 0 saturated carbocycles. The molecule has 2 rings (SSSR count). The Bertz CT molecular complexity index is 480. The molecule has 1 saturated heterocycles. The van der Waals surface area contributed by atoms with Crippen molar-refractivity contribution in [3.8, 4) is 0 Å². The first-order chi connectivity index (χ1) is 8.98. The third-order valence-corrected chi connectivity index (χ3v) is 3.00. The van der Waals surface area contributed by atoms with Crippen LogP contribution in [0.25, 0.3) is 0 Å². The number of benzene rings is 1. The van der Waals surface area contributed by atoms with Crippen LogP contribution in [0.1, 0.15) is 17.3 Å². The third-order valence-electron chi connectivity index (χ3n) is 3.00. The molecule has 19 heavy (non-hydrogen) atoms. The molecule has 0 spiro atoms. The van der Waals surface area contributed by atoms with Crippen LogP contribution in [0.3, 0.4) is 0 Å². The average Bonchev–Trinajstić information content (AvgIpc) is 2.35. The SMILES string of the molecule is CC1(OCC(=O)Nc2ccc(C(N)=O)cc2)CNC1. The van der Waals surface area contributed by atoms with Crippen molar-refractivity contribution in [3.05, 3.63) is 29.8 Å². The van der Waals surface area contributed by atoms with E-state index in [1.54, 1.807) is 24.3 Å². The minimum absolute atomic E-state index is 0.00967. The lowest BCUT2D eigenvalue weighted by Crippen LogP contribution is -2.59. The Labute approximate surface area is 111 Å². The quantitative estimate of drug-likeness (QED) is 0.702. The fourth-order valence-corrected chi connectivity index (χ4v) is 1.73. The van der Waals surface area contributed by atoms with E-state index in [-0.39, 0.29) is 18.1 Å². The number of rotatable bonds is 5. The smallest absolute Gasteiger partial charge is 0.250 e. The second-order valence-corrected chi connectivity index (χ2v) is 4.83. The van der Waals surface area contributed by atoms with E-state index >= 15 is 0 Å². The van der Waals surface area contributed by atoms with Crippen molar-refractivity contribution in [1.29, 1.82) is 0 Å². The molecule has 0 bridgehead atoms. The van der Waals surface area contributed by atoms with Crippen LogP contribution in [-0.4, -0.2) is 37.1 Å². The summed E-state index contributed by atoms with van der Waals surface area (Å²) in [6, 6.07) is 6.39. The van der Waals surface area contributed by atoms with Gasteiger partial charge in [-0.25, -0.2) is 0 Å². The first-order valence-electron chi connectivity index (χ1n) is 6.03. The van der Waals surface area contributed by atoms with Gasteiger partial charge < -0.3 is 21.1 Å². The lowest BCUT2D eigenvalue weighted by Gasteiger charge is -2.38. The van der Waals surface area contributed by atoms with E-state index in [4.69, 9.17) is 10.5 Å². The van der Waals surface area contributed by atoms with Crippen LogP contribution in [0.2, 0.25) is 0 Å². The van der Waals surface area contributed by atoms with Gasteiger partial charge in [0.2, 0.25) is 11.8 Å².